The number of alkyl halides is 6. The van der Waals surface area contributed by atoms with Crippen LogP contribution in [0.4, 0.5) is 37.8 Å². The molecule has 2 N–H and O–H groups in total. The zero-order valence-corrected chi connectivity index (χ0v) is 23.2. The van der Waals surface area contributed by atoms with Crippen molar-refractivity contribution >= 4 is 22.4 Å². The van der Waals surface area contributed by atoms with Gasteiger partial charge in [0, 0.05) is 35.9 Å². The van der Waals surface area contributed by atoms with Gasteiger partial charge in [0.15, 0.2) is 0 Å². The summed E-state index contributed by atoms with van der Waals surface area (Å²) in [5.41, 5.74) is -0.879. The number of halogens is 6. The third-order valence-electron chi connectivity index (χ3n) is 7.72. The molecule has 0 bridgehead atoms. The largest absolute Gasteiger partial charge is 0.418 e. The quantitative estimate of drug-likeness (QED) is 0.193. The highest BCUT2D eigenvalue weighted by molar-refractivity contribution is 5.93. The Kier molecular flexibility index (Phi) is 9.16. The molecule has 5 rings (SSSR count). The SMILES string of the molecule is OCCC1CCN(CCCc2nc(Nc3ccc(C(F)(F)F)cc3)c3ccc(-c4ncccc4C(F)(F)F)cc3n2)CC1. The van der Waals surface area contributed by atoms with Gasteiger partial charge in [0.2, 0.25) is 0 Å². The van der Waals surface area contributed by atoms with Crippen molar-refractivity contribution in [2.24, 2.45) is 5.92 Å². The topological polar surface area (TPSA) is 74.2 Å². The summed E-state index contributed by atoms with van der Waals surface area (Å²) in [5.74, 6) is 1.34. The predicted octanol–water partition coefficient (Wildman–Crippen LogP) is 7.50. The molecule has 12 heteroatoms. The molecule has 0 atom stereocenters. The maximum Gasteiger partial charge on any atom is 0.418 e. The molecule has 2 aromatic carbocycles. The Morgan fingerprint density at radius 2 is 1.65 bits per heavy atom. The first-order valence-electron chi connectivity index (χ1n) is 14.1. The van der Waals surface area contributed by atoms with Crippen LogP contribution in [0, 0.1) is 5.92 Å². The third-order valence-corrected chi connectivity index (χ3v) is 7.72. The van der Waals surface area contributed by atoms with E-state index in [0.29, 0.717) is 40.6 Å². The summed E-state index contributed by atoms with van der Waals surface area (Å²) in [4.78, 5) is 15.7. The standard InChI is InChI=1S/C31H31F6N5O/c32-30(33,34)22-6-8-23(9-7-22)39-29-24-10-5-21(28-25(31(35,36)37)3-1-14-38-28)19-26(24)40-27(41-29)4-2-15-42-16-11-20(12-17-42)13-18-43/h1,3,5-10,14,19-20,43H,2,4,11-13,15-18H2,(H,39,40,41). The van der Waals surface area contributed by atoms with Gasteiger partial charge >= 0.3 is 12.4 Å². The number of hydrogen-bond acceptors (Lipinski definition) is 6. The lowest BCUT2D eigenvalue weighted by atomic mass is 9.94. The highest BCUT2D eigenvalue weighted by Gasteiger charge is 2.34. The number of anilines is 2. The van der Waals surface area contributed by atoms with Crippen LogP contribution in [0.25, 0.3) is 22.2 Å². The van der Waals surface area contributed by atoms with Gasteiger partial charge in [-0.15, -0.1) is 0 Å². The van der Waals surface area contributed by atoms with Gasteiger partial charge < -0.3 is 15.3 Å². The summed E-state index contributed by atoms with van der Waals surface area (Å²) in [6.07, 6.45) is -3.66. The Labute approximate surface area is 244 Å². The lowest BCUT2D eigenvalue weighted by Gasteiger charge is -2.31. The normalized spacial score (nSPS) is 15.2. The predicted molar refractivity (Wildman–Crippen MR) is 152 cm³/mol. The van der Waals surface area contributed by atoms with Gasteiger partial charge in [0.1, 0.15) is 11.6 Å². The number of aromatic nitrogens is 3. The highest BCUT2D eigenvalue weighted by atomic mass is 19.4. The molecule has 0 aliphatic carbocycles. The molecule has 1 saturated heterocycles. The number of aliphatic hydroxyl groups is 1. The van der Waals surface area contributed by atoms with Crippen LogP contribution in [-0.2, 0) is 18.8 Å². The molecule has 228 valence electrons. The van der Waals surface area contributed by atoms with Crippen LogP contribution in [0.2, 0.25) is 0 Å². The van der Waals surface area contributed by atoms with Crippen LogP contribution in [0.5, 0.6) is 0 Å². The fourth-order valence-electron chi connectivity index (χ4n) is 5.42. The Morgan fingerprint density at radius 1 is 0.907 bits per heavy atom. The molecule has 4 aromatic rings. The monoisotopic (exact) mass is 603 g/mol. The highest BCUT2D eigenvalue weighted by Crippen LogP contribution is 2.37. The van der Waals surface area contributed by atoms with E-state index < -0.39 is 23.5 Å². The van der Waals surface area contributed by atoms with Crippen LogP contribution in [0.3, 0.4) is 0 Å². The molecule has 43 heavy (non-hydrogen) atoms. The molecule has 0 amide bonds. The van der Waals surface area contributed by atoms with Gasteiger partial charge in [-0.05, 0) is 99.8 Å². The number of pyridine rings is 1. The zero-order valence-electron chi connectivity index (χ0n) is 23.2. The molecule has 0 saturated carbocycles. The van der Waals surface area contributed by atoms with Gasteiger partial charge in [-0.3, -0.25) is 4.98 Å². The average Bonchev–Trinajstić information content (AvgIpc) is 2.97. The van der Waals surface area contributed by atoms with Crippen molar-refractivity contribution in [1.29, 1.82) is 0 Å². The number of likely N-dealkylation sites (tertiary alicyclic amines) is 1. The van der Waals surface area contributed by atoms with Crippen molar-refractivity contribution in [3.8, 4) is 11.3 Å². The summed E-state index contributed by atoms with van der Waals surface area (Å²) in [7, 11) is 0. The summed E-state index contributed by atoms with van der Waals surface area (Å²) in [5, 5.41) is 12.8. The molecule has 6 nitrogen and oxygen atoms in total. The second-order valence-electron chi connectivity index (χ2n) is 10.7. The summed E-state index contributed by atoms with van der Waals surface area (Å²) >= 11 is 0. The molecule has 3 heterocycles. The third kappa shape index (κ3) is 7.61. The molecule has 2 aromatic heterocycles. The van der Waals surface area contributed by atoms with Crippen molar-refractivity contribution in [2.75, 3.05) is 31.6 Å². The smallest absolute Gasteiger partial charge is 0.396 e. The maximum atomic E-state index is 13.7. The summed E-state index contributed by atoms with van der Waals surface area (Å²) < 4.78 is 80.3. The first-order chi connectivity index (χ1) is 20.5. The summed E-state index contributed by atoms with van der Waals surface area (Å²) in [6, 6.07) is 11.4. The van der Waals surface area contributed by atoms with E-state index in [1.54, 1.807) is 6.07 Å². The fraction of sp³-hybridized carbons (Fsp3) is 0.387. The lowest BCUT2D eigenvalue weighted by molar-refractivity contribution is -0.138. The lowest BCUT2D eigenvalue weighted by Crippen LogP contribution is -2.34. The number of piperidine rings is 1. The van der Waals surface area contributed by atoms with Crippen molar-refractivity contribution in [1.82, 2.24) is 19.9 Å². The Hall–Kier alpha value is -3.77. The average molecular weight is 604 g/mol. The van der Waals surface area contributed by atoms with E-state index in [1.165, 1.54) is 36.5 Å². The molecule has 1 aliphatic heterocycles. The zero-order chi connectivity index (χ0) is 30.6. The number of hydrogen-bond donors (Lipinski definition) is 2. The minimum Gasteiger partial charge on any atom is -0.396 e. The van der Waals surface area contributed by atoms with Crippen LogP contribution in [0.1, 0.15) is 42.6 Å². The Morgan fingerprint density at radius 3 is 2.33 bits per heavy atom. The van der Waals surface area contributed by atoms with E-state index in [0.717, 1.165) is 63.5 Å². The number of nitrogens with one attached hydrogen (secondary N) is 1. The Balaban J connectivity index is 1.43. The fourth-order valence-corrected chi connectivity index (χ4v) is 5.42. The number of aryl methyl sites for hydroxylation is 1. The van der Waals surface area contributed by atoms with Gasteiger partial charge in [0.25, 0.3) is 0 Å². The van der Waals surface area contributed by atoms with E-state index in [9.17, 15) is 31.4 Å². The minimum atomic E-state index is -4.60. The van der Waals surface area contributed by atoms with Crippen molar-refractivity contribution in [2.45, 2.75) is 44.5 Å². The van der Waals surface area contributed by atoms with E-state index >= 15 is 0 Å². The molecular weight excluding hydrogens is 572 g/mol. The maximum absolute atomic E-state index is 13.7. The molecule has 0 spiro atoms. The minimum absolute atomic E-state index is 0.201. The number of fused-ring (bicyclic) bond motifs is 1. The van der Waals surface area contributed by atoms with Gasteiger partial charge in [-0.2, -0.15) is 26.3 Å². The number of benzene rings is 2. The summed E-state index contributed by atoms with van der Waals surface area (Å²) in [6.45, 7) is 2.90. The molecule has 1 aliphatic rings. The van der Waals surface area contributed by atoms with Crippen molar-refractivity contribution < 1.29 is 31.4 Å². The van der Waals surface area contributed by atoms with E-state index in [1.807, 2.05) is 0 Å². The first-order valence-corrected chi connectivity index (χ1v) is 14.1. The number of rotatable bonds is 9. The van der Waals surface area contributed by atoms with Gasteiger partial charge in [-0.25, -0.2) is 9.97 Å². The van der Waals surface area contributed by atoms with Crippen LogP contribution >= 0.6 is 0 Å². The molecule has 0 radical (unpaired) electrons. The van der Waals surface area contributed by atoms with Crippen LogP contribution in [0.15, 0.2) is 60.8 Å². The van der Waals surface area contributed by atoms with Crippen LogP contribution < -0.4 is 5.32 Å². The van der Waals surface area contributed by atoms with Gasteiger partial charge in [-0.1, -0.05) is 6.07 Å². The van der Waals surface area contributed by atoms with Crippen molar-refractivity contribution in [3.63, 3.8) is 0 Å². The van der Waals surface area contributed by atoms with E-state index in [2.05, 4.69) is 25.2 Å². The number of aliphatic hydroxyl groups excluding tert-OH is 1. The second kappa shape index (κ2) is 12.8. The second-order valence-corrected chi connectivity index (χ2v) is 10.7. The first kappa shape index (κ1) is 30.7. The Bertz CT molecular complexity index is 1530. The van der Waals surface area contributed by atoms with E-state index in [4.69, 9.17) is 0 Å². The molecule has 1 fully saturated rings. The van der Waals surface area contributed by atoms with Crippen molar-refractivity contribution in [3.05, 3.63) is 77.7 Å². The van der Waals surface area contributed by atoms with E-state index in [-0.39, 0.29) is 17.9 Å². The van der Waals surface area contributed by atoms with Gasteiger partial charge in [0.05, 0.1) is 22.3 Å². The molecule has 0 unspecified atom stereocenters. The molecular formula is C31H31F6N5O. The number of nitrogens with zero attached hydrogens (tertiary/aromatic N) is 4. The van der Waals surface area contributed by atoms with Crippen LogP contribution in [-0.4, -0.2) is 51.2 Å².